The van der Waals surface area contributed by atoms with Gasteiger partial charge in [-0.2, -0.15) is 0 Å². The van der Waals surface area contributed by atoms with Gasteiger partial charge in [0.1, 0.15) is 0 Å². The zero-order chi connectivity index (χ0) is 11.3. The Morgan fingerprint density at radius 2 is 2.00 bits per heavy atom. The first-order valence-corrected chi connectivity index (χ1v) is 4.50. The van der Waals surface area contributed by atoms with Gasteiger partial charge in [0, 0.05) is 11.1 Å². The summed E-state index contributed by atoms with van der Waals surface area (Å²) in [5, 5.41) is 2.43. The zero-order valence-electron chi connectivity index (χ0n) is 7.74. The van der Waals surface area contributed by atoms with Crippen LogP contribution in [0.3, 0.4) is 0 Å². The minimum atomic E-state index is -0.885. The number of carbonyl (C=O) groups is 2. The van der Waals surface area contributed by atoms with Crippen LogP contribution in [0.15, 0.2) is 30.3 Å². The van der Waals surface area contributed by atoms with Gasteiger partial charge in [0.05, 0.1) is 0 Å². The van der Waals surface area contributed by atoms with E-state index in [1.54, 1.807) is 24.3 Å². The number of benzene rings is 1. The highest BCUT2D eigenvalue weighted by Gasteiger charge is 1.99. The molecule has 0 aliphatic rings. The second-order valence-electron chi connectivity index (χ2n) is 2.71. The van der Waals surface area contributed by atoms with E-state index >= 15 is 0 Å². The molecule has 0 aliphatic heterocycles. The molecule has 1 aromatic rings. The molecule has 4 nitrogen and oxygen atoms in total. The minimum Gasteiger partial charge on any atom is -0.351 e. The molecule has 15 heavy (non-hydrogen) atoms. The maximum atomic E-state index is 11.0. The molecule has 0 heterocycles. The number of urea groups is 1. The normalized spacial score (nSPS) is 10.2. The zero-order valence-corrected chi connectivity index (χ0v) is 8.49. The molecule has 0 saturated heterocycles. The number of amides is 3. The molecule has 78 valence electrons. The molecule has 0 fully saturated rings. The number of hydrogen-bond donors (Lipinski definition) is 2. The summed E-state index contributed by atoms with van der Waals surface area (Å²) in [6.45, 7) is 0. The Kier molecular flexibility index (Phi) is 3.88. The summed E-state index contributed by atoms with van der Waals surface area (Å²) in [5.74, 6) is -0.581. The lowest BCUT2D eigenvalue weighted by atomic mass is 10.2. The fraction of sp³-hybridized carbons (Fsp3) is 0. The van der Waals surface area contributed by atoms with Crippen LogP contribution in [0, 0.1) is 0 Å². The van der Waals surface area contributed by atoms with Gasteiger partial charge in [0.15, 0.2) is 0 Å². The van der Waals surface area contributed by atoms with Crippen molar-refractivity contribution in [1.29, 1.82) is 0 Å². The summed E-state index contributed by atoms with van der Waals surface area (Å²) in [6, 6.07) is 6.13. The number of primary amides is 1. The monoisotopic (exact) mass is 224 g/mol. The van der Waals surface area contributed by atoms with Crippen LogP contribution in [-0.2, 0) is 4.79 Å². The van der Waals surface area contributed by atoms with Crippen LogP contribution >= 0.6 is 11.6 Å². The number of nitrogens with one attached hydrogen (secondary N) is 1. The second kappa shape index (κ2) is 5.17. The van der Waals surface area contributed by atoms with E-state index in [2.05, 4.69) is 0 Å². The second-order valence-corrected chi connectivity index (χ2v) is 3.12. The van der Waals surface area contributed by atoms with E-state index in [0.29, 0.717) is 10.6 Å². The van der Waals surface area contributed by atoms with Crippen LogP contribution in [0.1, 0.15) is 5.56 Å². The Hall–Kier alpha value is -1.81. The van der Waals surface area contributed by atoms with E-state index in [4.69, 9.17) is 17.3 Å². The van der Waals surface area contributed by atoms with Crippen molar-refractivity contribution >= 4 is 29.6 Å². The third-order valence-electron chi connectivity index (χ3n) is 1.57. The van der Waals surface area contributed by atoms with Crippen LogP contribution in [0.4, 0.5) is 4.79 Å². The molecular weight excluding hydrogens is 216 g/mol. The lowest BCUT2D eigenvalue weighted by Crippen LogP contribution is -2.33. The average Bonchev–Trinajstić information content (AvgIpc) is 2.15. The van der Waals surface area contributed by atoms with Gasteiger partial charge in [-0.05, 0) is 17.7 Å². The molecule has 0 spiro atoms. The predicted octanol–water partition coefficient (Wildman–Crippen LogP) is 1.55. The van der Waals surface area contributed by atoms with Crippen molar-refractivity contribution in [1.82, 2.24) is 5.32 Å². The smallest absolute Gasteiger partial charge is 0.319 e. The van der Waals surface area contributed by atoms with Crippen molar-refractivity contribution in [2.75, 3.05) is 0 Å². The molecule has 0 aliphatic carbocycles. The van der Waals surface area contributed by atoms with Crippen molar-refractivity contribution in [2.24, 2.45) is 5.73 Å². The summed E-state index contributed by atoms with van der Waals surface area (Å²) in [5.41, 5.74) is 5.45. The molecule has 0 radical (unpaired) electrons. The van der Waals surface area contributed by atoms with Crippen LogP contribution in [0.25, 0.3) is 6.08 Å². The maximum absolute atomic E-state index is 11.0. The van der Waals surface area contributed by atoms with Crippen LogP contribution in [-0.4, -0.2) is 11.9 Å². The van der Waals surface area contributed by atoms with Crippen molar-refractivity contribution < 1.29 is 9.59 Å². The summed E-state index contributed by atoms with van der Waals surface area (Å²) in [6.07, 6.45) is 2.69. The molecule has 1 rings (SSSR count). The largest absolute Gasteiger partial charge is 0.351 e. The van der Waals surface area contributed by atoms with E-state index in [1.807, 2.05) is 5.32 Å². The van der Waals surface area contributed by atoms with Crippen LogP contribution in [0.5, 0.6) is 0 Å². The number of carbonyl (C=O) groups excluding carboxylic acids is 2. The van der Waals surface area contributed by atoms with Crippen molar-refractivity contribution in [3.05, 3.63) is 40.9 Å². The maximum Gasteiger partial charge on any atom is 0.319 e. The van der Waals surface area contributed by atoms with E-state index in [-0.39, 0.29) is 0 Å². The van der Waals surface area contributed by atoms with Gasteiger partial charge in [0.2, 0.25) is 0 Å². The molecule has 0 saturated carbocycles. The lowest BCUT2D eigenvalue weighted by molar-refractivity contribution is -0.115. The number of rotatable bonds is 2. The van der Waals surface area contributed by atoms with Crippen molar-refractivity contribution in [3.63, 3.8) is 0 Å². The van der Waals surface area contributed by atoms with Gasteiger partial charge in [0.25, 0.3) is 5.91 Å². The fourth-order valence-electron chi connectivity index (χ4n) is 0.939. The predicted molar refractivity (Wildman–Crippen MR) is 58.2 cm³/mol. The molecule has 5 heteroatoms. The molecule has 0 bridgehead atoms. The fourth-order valence-corrected chi connectivity index (χ4v) is 1.14. The quantitative estimate of drug-likeness (QED) is 0.748. The lowest BCUT2D eigenvalue weighted by Gasteiger charge is -1.96. The first-order valence-electron chi connectivity index (χ1n) is 4.12. The first kappa shape index (κ1) is 11.3. The van der Waals surface area contributed by atoms with Crippen molar-refractivity contribution in [3.8, 4) is 0 Å². The topological polar surface area (TPSA) is 72.2 Å². The van der Waals surface area contributed by atoms with E-state index in [0.717, 1.165) is 0 Å². The van der Waals surface area contributed by atoms with Gasteiger partial charge in [-0.25, -0.2) is 4.79 Å². The number of imide groups is 1. The Balaban J connectivity index is 2.70. The van der Waals surface area contributed by atoms with Gasteiger partial charge in [-0.3, -0.25) is 10.1 Å². The van der Waals surface area contributed by atoms with E-state index in [1.165, 1.54) is 12.2 Å². The molecule has 0 unspecified atom stereocenters. The molecule has 0 aromatic heterocycles. The summed E-state index contributed by atoms with van der Waals surface area (Å²) < 4.78 is 0. The first-order chi connectivity index (χ1) is 7.09. The molecule has 0 atom stereocenters. The van der Waals surface area contributed by atoms with Gasteiger partial charge in [-0.15, -0.1) is 0 Å². The Morgan fingerprint density at radius 3 is 2.60 bits per heavy atom. The number of nitrogens with two attached hydrogens (primary N) is 1. The highest BCUT2D eigenvalue weighted by atomic mass is 35.5. The average molecular weight is 225 g/mol. The van der Waals surface area contributed by atoms with Crippen LogP contribution < -0.4 is 11.1 Å². The molecule has 3 amide bonds. The Labute approximate surface area is 91.7 Å². The Morgan fingerprint density at radius 1 is 1.33 bits per heavy atom. The van der Waals surface area contributed by atoms with Gasteiger partial charge >= 0.3 is 6.03 Å². The van der Waals surface area contributed by atoms with E-state index < -0.39 is 11.9 Å². The van der Waals surface area contributed by atoms with Gasteiger partial charge in [-0.1, -0.05) is 29.8 Å². The molecule has 1 aromatic carbocycles. The number of halogens is 1. The summed E-state index contributed by atoms with van der Waals surface area (Å²) in [7, 11) is 0. The standard InChI is InChI=1S/C10H9ClN2O2/c11-8-4-2-1-3-7(8)5-6-9(14)13-10(12)15/h1-6H,(H3,12,13,14,15)/b6-5+. The van der Waals surface area contributed by atoms with E-state index in [9.17, 15) is 9.59 Å². The third-order valence-corrected chi connectivity index (χ3v) is 1.91. The summed E-state index contributed by atoms with van der Waals surface area (Å²) >= 11 is 5.84. The third kappa shape index (κ3) is 3.83. The minimum absolute atomic E-state index is 0.528. The summed E-state index contributed by atoms with van der Waals surface area (Å²) in [4.78, 5) is 21.3. The Bertz CT molecular complexity index is 416. The SMILES string of the molecule is NC(=O)NC(=O)/C=C/c1ccccc1Cl. The highest BCUT2D eigenvalue weighted by Crippen LogP contribution is 2.15. The number of hydrogen-bond acceptors (Lipinski definition) is 2. The molecular formula is C10H9ClN2O2. The highest BCUT2D eigenvalue weighted by molar-refractivity contribution is 6.32. The van der Waals surface area contributed by atoms with Crippen LogP contribution in [0.2, 0.25) is 5.02 Å². The van der Waals surface area contributed by atoms with Crippen molar-refractivity contribution in [2.45, 2.75) is 0 Å². The van der Waals surface area contributed by atoms with Gasteiger partial charge < -0.3 is 5.73 Å². The molecule has 3 N–H and O–H groups in total.